The van der Waals surface area contributed by atoms with Crippen LogP contribution < -0.4 is 5.73 Å². The molecule has 98 valence electrons. The van der Waals surface area contributed by atoms with Crippen molar-refractivity contribution in [1.29, 1.82) is 0 Å². The molecule has 1 unspecified atom stereocenters. The van der Waals surface area contributed by atoms with E-state index in [1.54, 1.807) is 0 Å². The fraction of sp³-hybridized carbons (Fsp3) is 0.769. The number of oxazole rings is 1. The molecule has 1 aromatic heterocycles. The van der Waals surface area contributed by atoms with Gasteiger partial charge in [0.25, 0.3) is 0 Å². The molecule has 1 aromatic rings. The Morgan fingerprint density at radius 3 is 2.47 bits per heavy atom. The molecule has 0 bridgehead atoms. The van der Waals surface area contributed by atoms with E-state index in [0.717, 1.165) is 36.9 Å². The molecule has 0 radical (unpaired) electrons. The van der Waals surface area contributed by atoms with Crippen LogP contribution in [0.25, 0.3) is 0 Å². The predicted octanol–water partition coefficient (Wildman–Crippen LogP) is 2.10. The van der Waals surface area contributed by atoms with E-state index in [9.17, 15) is 0 Å². The number of aromatic nitrogens is 1. The lowest BCUT2D eigenvalue weighted by Crippen LogP contribution is -2.31. The van der Waals surface area contributed by atoms with E-state index in [0.29, 0.717) is 5.92 Å². The summed E-state index contributed by atoms with van der Waals surface area (Å²) in [6, 6.07) is 0.269. The Bertz CT molecular complexity index is 327. The third-order valence-electron chi connectivity index (χ3n) is 3.18. The lowest BCUT2D eigenvalue weighted by molar-refractivity contribution is 0.266. The SMILES string of the molecule is Cc1nc(CN(C)CCC(N)C(C)C)oc1C. The van der Waals surface area contributed by atoms with Crippen LogP contribution in [-0.4, -0.2) is 29.5 Å². The first-order chi connectivity index (χ1) is 7.90. The van der Waals surface area contributed by atoms with Gasteiger partial charge in [0.2, 0.25) is 5.89 Å². The van der Waals surface area contributed by atoms with Crippen molar-refractivity contribution in [3.8, 4) is 0 Å². The highest BCUT2D eigenvalue weighted by atomic mass is 16.4. The Morgan fingerprint density at radius 2 is 2.00 bits per heavy atom. The molecule has 1 rings (SSSR count). The van der Waals surface area contributed by atoms with Crippen LogP contribution in [0.3, 0.4) is 0 Å². The molecule has 2 N–H and O–H groups in total. The van der Waals surface area contributed by atoms with E-state index in [1.165, 1.54) is 0 Å². The standard InChI is InChI=1S/C13H25N3O/c1-9(2)12(14)6-7-16(5)8-13-15-10(3)11(4)17-13/h9,12H,6-8,14H2,1-5H3. The van der Waals surface area contributed by atoms with Gasteiger partial charge in [-0.05, 0) is 39.8 Å². The van der Waals surface area contributed by atoms with Crippen molar-refractivity contribution in [1.82, 2.24) is 9.88 Å². The van der Waals surface area contributed by atoms with Crippen LogP contribution in [0.1, 0.15) is 37.6 Å². The lowest BCUT2D eigenvalue weighted by Gasteiger charge is -2.20. The summed E-state index contributed by atoms with van der Waals surface area (Å²) in [5.41, 5.74) is 7.00. The highest BCUT2D eigenvalue weighted by Gasteiger charge is 2.11. The predicted molar refractivity (Wildman–Crippen MR) is 69.7 cm³/mol. The fourth-order valence-electron chi connectivity index (χ4n) is 1.62. The zero-order valence-electron chi connectivity index (χ0n) is 11.7. The summed E-state index contributed by atoms with van der Waals surface area (Å²) < 4.78 is 5.56. The first kappa shape index (κ1) is 14.2. The molecule has 0 spiro atoms. The van der Waals surface area contributed by atoms with Crippen LogP contribution in [0.2, 0.25) is 0 Å². The van der Waals surface area contributed by atoms with Gasteiger partial charge in [-0.2, -0.15) is 0 Å². The Labute approximate surface area is 104 Å². The summed E-state index contributed by atoms with van der Waals surface area (Å²) in [5.74, 6) is 2.24. The molecular weight excluding hydrogens is 214 g/mol. The molecule has 1 heterocycles. The van der Waals surface area contributed by atoms with Crippen LogP contribution in [0.15, 0.2) is 4.42 Å². The molecule has 4 nitrogen and oxygen atoms in total. The zero-order chi connectivity index (χ0) is 13.0. The van der Waals surface area contributed by atoms with Gasteiger partial charge >= 0.3 is 0 Å². The molecule has 0 aliphatic heterocycles. The molecule has 0 saturated carbocycles. The largest absolute Gasteiger partial charge is 0.444 e. The quantitative estimate of drug-likeness (QED) is 0.826. The van der Waals surface area contributed by atoms with Crippen LogP contribution in [0.5, 0.6) is 0 Å². The van der Waals surface area contributed by atoms with Crippen LogP contribution in [0, 0.1) is 19.8 Å². The van der Waals surface area contributed by atoms with Crippen molar-refractivity contribution in [2.45, 2.75) is 46.7 Å². The van der Waals surface area contributed by atoms with Crippen molar-refractivity contribution >= 4 is 0 Å². The zero-order valence-corrected chi connectivity index (χ0v) is 11.7. The molecular formula is C13H25N3O. The van der Waals surface area contributed by atoms with Crippen LogP contribution in [-0.2, 0) is 6.54 Å². The van der Waals surface area contributed by atoms with Gasteiger partial charge in [0, 0.05) is 6.04 Å². The summed E-state index contributed by atoms with van der Waals surface area (Å²) in [7, 11) is 2.07. The average Bonchev–Trinajstić information content (AvgIpc) is 2.54. The van der Waals surface area contributed by atoms with Crippen molar-refractivity contribution in [3.63, 3.8) is 0 Å². The Balaban J connectivity index is 2.37. The van der Waals surface area contributed by atoms with E-state index in [4.69, 9.17) is 10.2 Å². The second-order valence-electron chi connectivity index (χ2n) is 5.18. The van der Waals surface area contributed by atoms with E-state index in [1.807, 2.05) is 13.8 Å². The van der Waals surface area contributed by atoms with Gasteiger partial charge in [-0.3, -0.25) is 4.90 Å². The molecule has 0 aliphatic carbocycles. The van der Waals surface area contributed by atoms with Crippen molar-refractivity contribution < 1.29 is 4.42 Å². The number of hydrogen-bond acceptors (Lipinski definition) is 4. The van der Waals surface area contributed by atoms with Gasteiger partial charge in [0.1, 0.15) is 5.76 Å². The van der Waals surface area contributed by atoms with Gasteiger partial charge in [-0.15, -0.1) is 0 Å². The Morgan fingerprint density at radius 1 is 1.35 bits per heavy atom. The van der Waals surface area contributed by atoms with Crippen LogP contribution in [0.4, 0.5) is 0 Å². The van der Waals surface area contributed by atoms with Crippen molar-refractivity contribution in [3.05, 3.63) is 17.3 Å². The lowest BCUT2D eigenvalue weighted by atomic mass is 10.0. The summed E-state index contributed by atoms with van der Waals surface area (Å²) in [5, 5.41) is 0. The minimum Gasteiger partial charge on any atom is -0.444 e. The topological polar surface area (TPSA) is 55.3 Å². The molecule has 17 heavy (non-hydrogen) atoms. The average molecular weight is 239 g/mol. The maximum atomic E-state index is 6.02. The highest BCUT2D eigenvalue weighted by Crippen LogP contribution is 2.11. The summed E-state index contributed by atoms with van der Waals surface area (Å²) in [6.07, 6.45) is 1.01. The Hall–Kier alpha value is -0.870. The van der Waals surface area contributed by atoms with Gasteiger partial charge in [-0.1, -0.05) is 13.8 Å². The van der Waals surface area contributed by atoms with E-state index >= 15 is 0 Å². The minimum absolute atomic E-state index is 0.269. The first-order valence-electron chi connectivity index (χ1n) is 6.27. The third-order valence-corrected chi connectivity index (χ3v) is 3.18. The smallest absolute Gasteiger partial charge is 0.208 e. The number of aryl methyl sites for hydroxylation is 2. The first-order valence-corrected chi connectivity index (χ1v) is 6.27. The van der Waals surface area contributed by atoms with Crippen molar-refractivity contribution in [2.24, 2.45) is 11.7 Å². The van der Waals surface area contributed by atoms with Crippen molar-refractivity contribution in [2.75, 3.05) is 13.6 Å². The molecule has 0 aliphatic rings. The van der Waals surface area contributed by atoms with E-state index in [2.05, 4.69) is 30.8 Å². The number of nitrogens with two attached hydrogens (primary N) is 1. The molecule has 0 amide bonds. The maximum absolute atomic E-state index is 6.02. The minimum atomic E-state index is 0.269. The second-order valence-corrected chi connectivity index (χ2v) is 5.18. The number of rotatable bonds is 6. The summed E-state index contributed by atoms with van der Waals surface area (Å²) in [4.78, 5) is 6.57. The normalized spacial score (nSPS) is 13.6. The molecule has 0 aromatic carbocycles. The third kappa shape index (κ3) is 4.48. The van der Waals surface area contributed by atoms with Gasteiger partial charge < -0.3 is 10.2 Å². The molecule has 0 fully saturated rings. The summed E-state index contributed by atoms with van der Waals surface area (Å²) in [6.45, 7) is 9.95. The van der Waals surface area contributed by atoms with Gasteiger partial charge in [-0.25, -0.2) is 4.98 Å². The van der Waals surface area contributed by atoms with E-state index in [-0.39, 0.29) is 6.04 Å². The molecule has 0 saturated heterocycles. The second kappa shape index (κ2) is 6.17. The van der Waals surface area contributed by atoms with Gasteiger partial charge in [0.15, 0.2) is 0 Å². The monoisotopic (exact) mass is 239 g/mol. The van der Waals surface area contributed by atoms with Gasteiger partial charge in [0.05, 0.1) is 12.2 Å². The maximum Gasteiger partial charge on any atom is 0.208 e. The molecule has 1 atom stereocenters. The summed E-state index contributed by atoms with van der Waals surface area (Å²) >= 11 is 0. The Kier molecular flexibility index (Phi) is 5.15. The van der Waals surface area contributed by atoms with E-state index < -0.39 is 0 Å². The van der Waals surface area contributed by atoms with Crippen LogP contribution >= 0.6 is 0 Å². The number of nitrogens with zero attached hydrogens (tertiary/aromatic N) is 2. The fourth-order valence-corrected chi connectivity index (χ4v) is 1.62. The number of hydrogen-bond donors (Lipinski definition) is 1. The highest BCUT2D eigenvalue weighted by molar-refractivity contribution is 5.05. The molecule has 4 heteroatoms.